The fraction of sp³-hybridized carbons (Fsp3) is 0.385. The molecular formula is C13H15N3O2S. The summed E-state index contributed by atoms with van der Waals surface area (Å²) in [5.41, 5.74) is 1.08. The lowest BCUT2D eigenvalue weighted by Gasteiger charge is -2.16. The average molecular weight is 277 g/mol. The minimum atomic E-state index is 0.0732. The fourth-order valence-electron chi connectivity index (χ4n) is 2.04. The highest BCUT2D eigenvalue weighted by Crippen LogP contribution is 2.27. The van der Waals surface area contributed by atoms with Crippen LogP contribution >= 0.6 is 11.3 Å². The number of rotatable bonds is 4. The highest BCUT2D eigenvalue weighted by Gasteiger charge is 2.28. The van der Waals surface area contributed by atoms with Crippen molar-refractivity contribution in [1.29, 1.82) is 0 Å². The van der Waals surface area contributed by atoms with Gasteiger partial charge in [-0.05, 0) is 0 Å². The van der Waals surface area contributed by atoms with E-state index in [0.717, 1.165) is 15.7 Å². The molecule has 6 heteroatoms. The van der Waals surface area contributed by atoms with Crippen molar-refractivity contribution in [3.63, 3.8) is 0 Å². The molecule has 0 amide bonds. The third kappa shape index (κ3) is 2.75. The molecule has 0 spiro atoms. The van der Waals surface area contributed by atoms with Gasteiger partial charge in [0.25, 0.3) is 0 Å². The second-order valence-corrected chi connectivity index (χ2v) is 5.32. The topological polar surface area (TPSA) is 56.3 Å². The first-order valence-corrected chi connectivity index (χ1v) is 6.94. The maximum absolute atomic E-state index is 5.39. The molecule has 2 heterocycles. The summed E-state index contributed by atoms with van der Waals surface area (Å²) in [5, 5.41) is 13.4. The van der Waals surface area contributed by atoms with E-state index in [-0.39, 0.29) is 12.1 Å². The fourth-order valence-corrected chi connectivity index (χ4v) is 2.85. The van der Waals surface area contributed by atoms with Gasteiger partial charge in [0.05, 0.1) is 19.3 Å². The largest absolute Gasteiger partial charge is 0.377 e. The van der Waals surface area contributed by atoms with Crippen LogP contribution in [0.1, 0.15) is 0 Å². The van der Waals surface area contributed by atoms with Gasteiger partial charge in [-0.1, -0.05) is 41.7 Å². The molecule has 3 rings (SSSR count). The highest BCUT2D eigenvalue weighted by atomic mass is 32.1. The van der Waals surface area contributed by atoms with E-state index in [2.05, 4.69) is 15.5 Å². The van der Waals surface area contributed by atoms with Gasteiger partial charge in [-0.25, -0.2) is 0 Å². The lowest BCUT2D eigenvalue weighted by Crippen LogP contribution is -2.33. The smallest absolute Gasteiger partial charge is 0.206 e. The molecule has 1 aromatic heterocycles. The minimum absolute atomic E-state index is 0.0732. The van der Waals surface area contributed by atoms with Crippen LogP contribution in [-0.4, -0.2) is 42.7 Å². The SMILES string of the molecule is CO[C@H]1COC[C@@H]1Nc1nnc(-c2ccccc2)s1. The van der Waals surface area contributed by atoms with E-state index in [4.69, 9.17) is 9.47 Å². The van der Waals surface area contributed by atoms with E-state index in [1.807, 2.05) is 30.3 Å². The van der Waals surface area contributed by atoms with Gasteiger partial charge in [0.1, 0.15) is 11.1 Å². The molecular weight excluding hydrogens is 262 g/mol. The lowest BCUT2D eigenvalue weighted by atomic mass is 10.2. The van der Waals surface area contributed by atoms with Crippen molar-refractivity contribution in [1.82, 2.24) is 10.2 Å². The maximum Gasteiger partial charge on any atom is 0.206 e. The number of nitrogens with one attached hydrogen (secondary N) is 1. The molecule has 0 saturated carbocycles. The second kappa shape index (κ2) is 5.64. The number of benzene rings is 1. The summed E-state index contributed by atoms with van der Waals surface area (Å²) in [4.78, 5) is 0. The van der Waals surface area contributed by atoms with Gasteiger partial charge in [-0.2, -0.15) is 0 Å². The van der Waals surface area contributed by atoms with Crippen LogP contribution in [-0.2, 0) is 9.47 Å². The van der Waals surface area contributed by atoms with Crippen molar-refractivity contribution in [2.24, 2.45) is 0 Å². The van der Waals surface area contributed by atoms with Gasteiger partial charge >= 0.3 is 0 Å². The number of hydrogen-bond donors (Lipinski definition) is 1. The molecule has 5 nitrogen and oxygen atoms in total. The van der Waals surface area contributed by atoms with Gasteiger partial charge in [-0.15, -0.1) is 10.2 Å². The molecule has 2 aromatic rings. The van der Waals surface area contributed by atoms with Crippen LogP contribution in [0.3, 0.4) is 0 Å². The molecule has 0 radical (unpaired) electrons. The zero-order valence-corrected chi connectivity index (χ0v) is 11.4. The third-order valence-corrected chi connectivity index (χ3v) is 3.99. The molecule has 0 unspecified atom stereocenters. The van der Waals surface area contributed by atoms with Crippen LogP contribution in [0.25, 0.3) is 10.6 Å². The third-order valence-electron chi connectivity index (χ3n) is 3.09. The first-order valence-electron chi connectivity index (χ1n) is 6.13. The van der Waals surface area contributed by atoms with Crippen LogP contribution in [0.2, 0.25) is 0 Å². The van der Waals surface area contributed by atoms with Crippen molar-refractivity contribution in [3.05, 3.63) is 30.3 Å². The Bertz CT molecular complexity index is 532. The Kier molecular flexibility index (Phi) is 3.72. The van der Waals surface area contributed by atoms with E-state index in [9.17, 15) is 0 Å². The van der Waals surface area contributed by atoms with Crippen molar-refractivity contribution in [2.75, 3.05) is 25.6 Å². The molecule has 0 aliphatic carbocycles. The molecule has 1 aliphatic heterocycles. The highest BCUT2D eigenvalue weighted by molar-refractivity contribution is 7.18. The molecule has 2 atom stereocenters. The molecule has 19 heavy (non-hydrogen) atoms. The molecule has 1 fully saturated rings. The average Bonchev–Trinajstić information content (AvgIpc) is 3.09. The molecule has 1 aromatic carbocycles. The van der Waals surface area contributed by atoms with E-state index < -0.39 is 0 Å². The maximum atomic E-state index is 5.39. The Morgan fingerprint density at radius 1 is 1.26 bits per heavy atom. The summed E-state index contributed by atoms with van der Waals surface area (Å²) in [7, 11) is 1.70. The minimum Gasteiger partial charge on any atom is -0.377 e. The number of methoxy groups -OCH3 is 1. The summed E-state index contributed by atoms with van der Waals surface area (Å²) in [6, 6.07) is 10.2. The van der Waals surface area contributed by atoms with Crippen LogP contribution in [0, 0.1) is 0 Å². The first-order chi connectivity index (χ1) is 9.36. The van der Waals surface area contributed by atoms with E-state index in [1.165, 1.54) is 0 Å². The number of aromatic nitrogens is 2. The van der Waals surface area contributed by atoms with E-state index >= 15 is 0 Å². The van der Waals surface area contributed by atoms with Gasteiger partial charge in [0.2, 0.25) is 5.13 Å². The molecule has 1 aliphatic rings. The van der Waals surface area contributed by atoms with Crippen LogP contribution in [0.4, 0.5) is 5.13 Å². The summed E-state index contributed by atoms with van der Waals surface area (Å²) >= 11 is 1.54. The Hall–Kier alpha value is -1.50. The van der Waals surface area contributed by atoms with Crippen LogP contribution in [0.15, 0.2) is 30.3 Å². The van der Waals surface area contributed by atoms with Gasteiger partial charge in [0.15, 0.2) is 0 Å². The van der Waals surface area contributed by atoms with Gasteiger partial charge < -0.3 is 14.8 Å². The number of hydrogen-bond acceptors (Lipinski definition) is 6. The van der Waals surface area contributed by atoms with Crippen LogP contribution < -0.4 is 5.32 Å². The van der Waals surface area contributed by atoms with Crippen molar-refractivity contribution in [2.45, 2.75) is 12.1 Å². The zero-order chi connectivity index (χ0) is 13.1. The summed E-state index contributed by atoms with van der Waals surface area (Å²) in [6.45, 7) is 1.26. The lowest BCUT2D eigenvalue weighted by molar-refractivity contribution is 0.0795. The molecule has 100 valence electrons. The predicted molar refractivity (Wildman–Crippen MR) is 74.4 cm³/mol. The van der Waals surface area contributed by atoms with Gasteiger partial charge in [0, 0.05) is 12.7 Å². The van der Waals surface area contributed by atoms with E-state index in [1.54, 1.807) is 18.4 Å². The summed E-state index contributed by atoms with van der Waals surface area (Å²) < 4.78 is 10.7. The van der Waals surface area contributed by atoms with Crippen molar-refractivity contribution in [3.8, 4) is 10.6 Å². The van der Waals surface area contributed by atoms with Crippen LogP contribution in [0.5, 0.6) is 0 Å². The number of anilines is 1. The summed E-state index contributed by atoms with van der Waals surface area (Å²) in [5.74, 6) is 0. The Balaban J connectivity index is 1.72. The monoisotopic (exact) mass is 277 g/mol. The summed E-state index contributed by atoms with van der Waals surface area (Å²) in [6.07, 6.45) is 0.0732. The number of ether oxygens (including phenoxy) is 2. The van der Waals surface area contributed by atoms with Crippen molar-refractivity contribution >= 4 is 16.5 Å². The first kappa shape index (κ1) is 12.5. The normalized spacial score (nSPS) is 22.6. The Morgan fingerprint density at radius 3 is 2.89 bits per heavy atom. The van der Waals surface area contributed by atoms with Gasteiger partial charge in [-0.3, -0.25) is 0 Å². The zero-order valence-electron chi connectivity index (χ0n) is 10.6. The standard InChI is InChI=1S/C13H15N3O2S/c1-17-11-8-18-7-10(11)14-13-16-15-12(19-13)9-5-3-2-4-6-9/h2-6,10-11H,7-8H2,1H3,(H,14,16)/t10-,11-/m0/s1. The number of nitrogens with zero attached hydrogens (tertiary/aromatic N) is 2. The Morgan fingerprint density at radius 2 is 2.11 bits per heavy atom. The van der Waals surface area contributed by atoms with E-state index in [0.29, 0.717) is 13.2 Å². The second-order valence-electron chi connectivity index (χ2n) is 4.34. The van der Waals surface area contributed by atoms with Crippen molar-refractivity contribution < 1.29 is 9.47 Å². The quantitative estimate of drug-likeness (QED) is 0.926. The predicted octanol–water partition coefficient (Wildman–Crippen LogP) is 2.03. The molecule has 1 N–H and O–H groups in total. The Labute approximate surface area is 115 Å². The molecule has 1 saturated heterocycles. The molecule has 0 bridgehead atoms.